The molecule has 1 aromatic heterocycles. The van der Waals surface area contributed by atoms with Crippen LogP contribution in [0.15, 0.2) is 46.0 Å². The number of ether oxygens (including phenoxy) is 1. The first-order valence-electron chi connectivity index (χ1n) is 8.58. The molecule has 3 rings (SSSR count). The van der Waals surface area contributed by atoms with Crippen LogP contribution in [0.1, 0.15) is 30.1 Å². The van der Waals surface area contributed by atoms with Gasteiger partial charge < -0.3 is 9.64 Å². The van der Waals surface area contributed by atoms with E-state index in [1.807, 2.05) is 19.1 Å². The Bertz CT molecular complexity index is 842. The summed E-state index contributed by atoms with van der Waals surface area (Å²) in [6.45, 7) is 3.40. The predicted octanol–water partition coefficient (Wildman–Crippen LogP) is 2.73. The summed E-state index contributed by atoms with van der Waals surface area (Å²) >= 11 is 1.20. The number of likely N-dealkylation sites (tertiary alicyclic amines) is 1. The van der Waals surface area contributed by atoms with Gasteiger partial charge in [-0.05, 0) is 43.3 Å². The summed E-state index contributed by atoms with van der Waals surface area (Å²) < 4.78 is 33.2. The molecule has 1 N–H and O–H groups in total. The number of hydrogen-bond donors (Lipinski definition) is 1. The normalized spacial score (nSPS) is 15.8. The molecule has 26 heavy (non-hydrogen) atoms. The maximum Gasteiger partial charge on any atom is 0.257 e. The largest absolute Gasteiger partial charge is 0.493 e. The number of sulfonamides is 1. The highest BCUT2D eigenvalue weighted by atomic mass is 32.2. The van der Waals surface area contributed by atoms with Crippen molar-refractivity contribution in [3.05, 3.63) is 47.3 Å². The molecule has 1 aliphatic heterocycles. The average molecular weight is 395 g/mol. The second kappa shape index (κ2) is 8.20. The van der Waals surface area contributed by atoms with Crippen molar-refractivity contribution in [1.29, 1.82) is 0 Å². The van der Waals surface area contributed by atoms with Gasteiger partial charge in [-0.1, -0.05) is 18.2 Å². The van der Waals surface area contributed by atoms with E-state index < -0.39 is 10.0 Å². The van der Waals surface area contributed by atoms with Crippen LogP contribution in [0.3, 0.4) is 0 Å². The summed E-state index contributed by atoms with van der Waals surface area (Å²) in [6.07, 6.45) is 1.18. The number of carbonyl (C=O) groups is 1. The molecule has 1 fully saturated rings. The number of hydrogen-bond acceptors (Lipinski definition) is 5. The van der Waals surface area contributed by atoms with Gasteiger partial charge in [0, 0.05) is 19.1 Å². The van der Waals surface area contributed by atoms with Crippen LogP contribution in [-0.4, -0.2) is 45.0 Å². The molecular weight excluding hydrogens is 372 g/mol. The molecule has 1 saturated heterocycles. The van der Waals surface area contributed by atoms with Crippen molar-refractivity contribution in [3.63, 3.8) is 0 Å². The molecule has 1 amide bonds. The lowest BCUT2D eigenvalue weighted by Crippen LogP contribution is -2.46. The Balaban J connectivity index is 1.61. The van der Waals surface area contributed by atoms with E-state index in [1.54, 1.807) is 34.5 Å². The summed E-state index contributed by atoms with van der Waals surface area (Å²) in [4.78, 5) is 14.5. The number of benzene rings is 1. The maximum atomic E-state index is 12.8. The van der Waals surface area contributed by atoms with Gasteiger partial charge in [0.2, 0.25) is 10.0 Å². The summed E-state index contributed by atoms with van der Waals surface area (Å²) in [5.41, 5.74) is 0.548. The number of amides is 1. The van der Waals surface area contributed by atoms with Crippen molar-refractivity contribution in [2.75, 3.05) is 19.7 Å². The van der Waals surface area contributed by atoms with Crippen molar-refractivity contribution in [2.24, 2.45) is 0 Å². The van der Waals surface area contributed by atoms with Gasteiger partial charge in [0.25, 0.3) is 5.91 Å². The molecule has 2 heterocycles. The number of carbonyl (C=O) groups excluding carboxylic acids is 1. The predicted molar refractivity (Wildman–Crippen MR) is 101 cm³/mol. The van der Waals surface area contributed by atoms with Crippen LogP contribution in [0, 0.1) is 0 Å². The van der Waals surface area contributed by atoms with Crippen LogP contribution in [0.25, 0.3) is 0 Å². The summed E-state index contributed by atoms with van der Waals surface area (Å²) in [7, 11) is -3.48. The number of nitrogens with zero attached hydrogens (tertiary/aromatic N) is 1. The molecular formula is C18H22N2O4S2. The quantitative estimate of drug-likeness (QED) is 0.817. The van der Waals surface area contributed by atoms with Crippen LogP contribution < -0.4 is 9.46 Å². The molecule has 1 aromatic carbocycles. The lowest BCUT2D eigenvalue weighted by Gasteiger charge is -2.32. The second-order valence-electron chi connectivity index (χ2n) is 6.05. The van der Waals surface area contributed by atoms with Gasteiger partial charge in [-0.25, -0.2) is 13.1 Å². The van der Waals surface area contributed by atoms with Crippen LogP contribution in [-0.2, 0) is 10.0 Å². The topological polar surface area (TPSA) is 75.7 Å². The standard InChI is InChI=1S/C18H22N2O4S2/c1-2-24-16-7-4-3-6-15(16)18(21)20-11-9-14(10-12-20)19-26(22,23)17-8-5-13-25-17/h3-8,13-14,19H,2,9-12H2,1H3. The number of para-hydroxylation sites is 1. The van der Waals surface area contributed by atoms with Gasteiger partial charge in [0.15, 0.2) is 0 Å². The summed E-state index contributed by atoms with van der Waals surface area (Å²) in [6, 6.07) is 10.4. The molecule has 140 valence electrons. The van der Waals surface area contributed by atoms with E-state index in [-0.39, 0.29) is 11.9 Å². The Kier molecular flexibility index (Phi) is 5.95. The Labute approximate surface area is 157 Å². The number of nitrogens with one attached hydrogen (secondary N) is 1. The number of rotatable bonds is 6. The Morgan fingerprint density at radius 3 is 2.62 bits per heavy atom. The van der Waals surface area contributed by atoms with Gasteiger partial charge in [-0.3, -0.25) is 4.79 Å². The monoisotopic (exact) mass is 394 g/mol. The van der Waals surface area contributed by atoms with Crippen LogP contribution in [0.4, 0.5) is 0 Å². The van der Waals surface area contributed by atoms with Crippen LogP contribution in [0.2, 0.25) is 0 Å². The minimum Gasteiger partial charge on any atom is -0.493 e. The first-order valence-corrected chi connectivity index (χ1v) is 10.9. The smallest absolute Gasteiger partial charge is 0.257 e. The fourth-order valence-corrected chi connectivity index (χ4v) is 5.30. The summed E-state index contributed by atoms with van der Waals surface area (Å²) in [5.74, 6) is 0.508. The third kappa shape index (κ3) is 4.25. The molecule has 0 spiro atoms. The minimum atomic E-state index is -3.48. The molecule has 0 unspecified atom stereocenters. The molecule has 1 aliphatic rings. The minimum absolute atomic E-state index is 0.0754. The fraction of sp³-hybridized carbons (Fsp3) is 0.389. The molecule has 0 radical (unpaired) electrons. The number of thiophene rings is 1. The van der Waals surface area contributed by atoms with Crippen molar-refractivity contribution in [1.82, 2.24) is 9.62 Å². The lowest BCUT2D eigenvalue weighted by atomic mass is 10.0. The third-order valence-corrected chi connectivity index (χ3v) is 7.20. The van der Waals surface area contributed by atoms with Crippen molar-refractivity contribution in [3.8, 4) is 5.75 Å². The van der Waals surface area contributed by atoms with Crippen LogP contribution in [0.5, 0.6) is 5.75 Å². The molecule has 0 aliphatic carbocycles. The molecule has 0 bridgehead atoms. The van der Waals surface area contributed by atoms with E-state index in [9.17, 15) is 13.2 Å². The van der Waals surface area contributed by atoms with E-state index in [1.165, 1.54) is 11.3 Å². The highest BCUT2D eigenvalue weighted by Gasteiger charge is 2.28. The first-order chi connectivity index (χ1) is 12.5. The lowest BCUT2D eigenvalue weighted by molar-refractivity contribution is 0.0707. The third-order valence-electron chi connectivity index (χ3n) is 4.28. The highest BCUT2D eigenvalue weighted by molar-refractivity contribution is 7.91. The van der Waals surface area contributed by atoms with Crippen LogP contribution >= 0.6 is 11.3 Å². The average Bonchev–Trinajstić information content (AvgIpc) is 3.18. The second-order valence-corrected chi connectivity index (χ2v) is 8.94. The Morgan fingerprint density at radius 1 is 1.23 bits per heavy atom. The molecule has 2 aromatic rings. The van der Waals surface area contributed by atoms with Crippen molar-refractivity contribution >= 4 is 27.3 Å². The van der Waals surface area contributed by atoms with Gasteiger partial charge in [0.1, 0.15) is 9.96 Å². The number of piperidine rings is 1. The van der Waals surface area contributed by atoms with Gasteiger partial charge in [-0.2, -0.15) is 0 Å². The van der Waals surface area contributed by atoms with Gasteiger partial charge in [0.05, 0.1) is 12.2 Å². The van der Waals surface area contributed by atoms with Gasteiger partial charge in [-0.15, -0.1) is 11.3 Å². The highest BCUT2D eigenvalue weighted by Crippen LogP contribution is 2.23. The molecule has 6 nitrogen and oxygen atoms in total. The Morgan fingerprint density at radius 2 is 1.96 bits per heavy atom. The summed E-state index contributed by atoms with van der Waals surface area (Å²) in [5, 5.41) is 1.74. The van der Waals surface area contributed by atoms with E-state index in [0.717, 1.165) is 0 Å². The maximum absolute atomic E-state index is 12.8. The van der Waals surface area contributed by atoms with E-state index in [0.29, 0.717) is 48.1 Å². The SMILES string of the molecule is CCOc1ccccc1C(=O)N1CCC(NS(=O)(=O)c2cccs2)CC1. The van der Waals surface area contributed by atoms with E-state index >= 15 is 0 Å². The zero-order valence-corrected chi connectivity index (χ0v) is 16.2. The molecule has 0 saturated carbocycles. The fourth-order valence-electron chi connectivity index (χ4n) is 2.99. The molecule has 0 atom stereocenters. The van der Waals surface area contributed by atoms with Crippen molar-refractivity contribution < 1.29 is 17.9 Å². The zero-order valence-electron chi connectivity index (χ0n) is 14.6. The van der Waals surface area contributed by atoms with E-state index in [2.05, 4.69) is 4.72 Å². The Hall–Kier alpha value is -1.90. The molecule has 8 heteroatoms. The van der Waals surface area contributed by atoms with Crippen molar-refractivity contribution in [2.45, 2.75) is 30.0 Å². The van der Waals surface area contributed by atoms with E-state index in [4.69, 9.17) is 4.74 Å². The van der Waals surface area contributed by atoms with Gasteiger partial charge >= 0.3 is 0 Å². The zero-order chi connectivity index (χ0) is 18.6. The first kappa shape index (κ1) is 18.9.